The highest BCUT2D eigenvalue weighted by molar-refractivity contribution is 7.99. The predicted molar refractivity (Wildman–Crippen MR) is 122 cm³/mol. The molecule has 0 bridgehead atoms. The fraction of sp³-hybridized carbons (Fsp3) is 0.500. The number of fused-ring (bicyclic) bond motifs is 2. The van der Waals surface area contributed by atoms with Crippen LogP contribution in [0.4, 0.5) is 0 Å². The molecular formula is C22H28BN5OS. The number of likely N-dealkylation sites (tertiary alicyclic amines) is 1. The Labute approximate surface area is 182 Å². The number of aromatic nitrogens is 4. The number of aryl methyl sites for hydroxylation is 1. The second kappa shape index (κ2) is 7.89. The van der Waals surface area contributed by atoms with Gasteiger partial charge in [0.2, 0.25) is 5.82 Å². The van der Waals surface area contributed by atoms with E-state index in [9.17, 15) is 0 Å². The van der Waals surface area contributed by atoms with Crippen LogP contribution in [-0.4, -0.2) is 57.9 Å². The van der Waals surface area contributed by atoms with Crippen LogP contribution in [0.3, 0.4) is 0 Å². The molecule has 156 valence electrons. The van der Waals surface area contributed by atoms with E-state index < -0.39 is 0 Å². The molecule has 1 aliphatic carbocycles. The van der Waals surface area contributed by atoms with E-state index in [0.717, 1.165) is 35.4 Å². The third-order valence-electron chi connectivity index (χ3n) is 6.90. The lowest BCUT2D eigenvalue weighted by Crippen LogP contribution is -2.30. The summed E-state index contributed by atoms with van der Waals surface area (Å²) < 4.78 is 7.47. The molecule has 2 aromatic heterocycles. The highest BCUT2D eigenvalue weighted by Gasteiger charge is 2.43. The molecule has 0 N–H and O–H groups in total. The standard InChI is InChI=1S/C22H28BN5OS/c1-15-19(29-14-24-15)20-25-26-21(27(20)2)30-12-4-10-28-11-9-22(13-28)8-7-16-17(22)5-3-6-18(16)23/h3,5-6,14H,4,7-13,23H2,1-2H3. The minimum absolute atomic E-state index is 0.405. The van der Waals surface area contributed by atoms with Crippen LogP contribution < -0.4 is 5.46 Å². The largest absolute Gasteiger partial charge is 0.440 e. The van der Waals surface area contributed by atoms with Crippen molar-refractivity contribution in [1.29, 1.82) is 0 Å². The molecule has 0 amide bonds. The number of benzene rings is 1. The number of rotatable bonds is 6. The summed E-state index contributed by atoms with van der Waals surface area (Å²) in [4.78, 5) is 6.82. The molecule has 0 saturated carbocycles. The molecule has 30 heavy (non-hydrogen) atoms. The van der Waals surface area contributed by atoms with E-state index in [4.69, 9.17) is 4.42 Å². The topological polar surface area (TPSA) is 60.0 Å². The average molecular weight is 421 g/mol. The van der Waals surface area contributed by atoms with Gasteiger partial charge in [0, 0.05) is 24.8 Å². The third-order valence-corrected chi connectivity index (χ3v) is 8.01. The van der Waals surface area contributed by atoms with Crippen molar-refractivity contribution in [2.75, 3.05) is 25.4 Å². The summed E-state index contributed by atoms with van der Waals surface area (Å²) in [6, 6.07) is 6.90. The zero-order chi connectivity index (χ0) is 20.7. The van der Waals surface area contributed by atoms with Crippen molar-refractivity contribution < 1.29 is 4.42 Å². The van der Waals surface area contributed by atoms with Gasteiger partial charge in [0.25, 0.3) is 0 Å². The lowest BCUT2D eigenvalue weighted by molar-refractivity contribution is 0.310. The average Bonchev–Trinajstić information content (AvgIpc) is 3.50. The Balaban J connectivity index is 1.15. The lowest BCUT2D eigenvalue weighted by Gasteiger charge is -2.26. The number of nitrogens with zero attached hydrogens (tertiary/aromatic N) is 5. The maximum absolute atomic E-state index is 5.47. The minimum atomic E-state index is 0.405. The van der Waals surface area contributed by atoms with Gasteiger partial charge in [0.1, 0.15) is 7.85 Å². The van der Waals surface area contributed by atoms with Crippen molar-refractivity contribution >= 4 is 25.1 Å². The molecule has 3 heterocycles. The molecule has 1 saturated heterocycles. The van der Waals surface area contributed by atoms with Gasteiger partial charge in [-0.1, -0.05) is 41.0 Å². The molecule has 8 heteroatoms. The van der Waals surface area contributed by atoms with Gasteiger partial charge in [-0.05, 0) is 51.3 Å². The molecule has 6 nitrogen and oxygen atoms in total. The Morgan fingerprint density at radius 3 is 3.00 bits per heavy atom. The van der Waals surface area contributed by atoms with Crippen LogP contribution in [0.5, 0.6) is 0 Å². The van der Waals surface area contributed by atoms with E-state index in [1.54, 1.807) is 22.9 Å². The molecule has 1 aliphatic heterocycles. The SMILES string of the molecule is Bc1cccc2c1CCC21CCN(CCCSc2nnc(-c3ocnc3C)n2C)C1. The first-order valence-corrected chi connectivity index (χ1v) is 11.8. The number of thioether (sulfide) groups is 1. The van der Waals surface area contributed by atoms with Crippen LogP contribution >= 0.6 is 11.8 Å². The van der Waals surface area contributed by atoms with Crippen molar-refractivity contribution in [3.63, 3.8) is 0 Å². The van der Waals surface area contributed by atoms with Gasteiger partial charge >= 0.3 is 0 Å². The second-order valence-corrected chi connectivity index (χ2v) is 9.80. The van der Waals surface area contributed by atoms with E-state index >= 15 is 0 Å². The smallest absolute Gasteiger partial charge is 0.202 e. The van der Waals surface area contributed by atoms with Gasteiger partial charge in [-0.2, -0.15) is 0 Å². The minimum Gasteiger partial charge on any atom is -0.440 e. The summed E-state index contributed by atoms with van der Waals surface area (Å²) in [5.74, 6) is 2.48. The number of hydrogen-bond acceptors (Lipinski definition) is 6. The molecular weight excluding hydrogens is 393 g/mol. The van der Waals surface area contributed by atoms with Crippen molar-refractivity contribution in [3.05, 3.63) is 41.4 Å². The summed E-state index contributed by atoms with van der Waals surface area (Å²) in [5.41, 5.74) is 5.97. The Morgan fingerprint density at radius 1 is 1.27 bits per heavy atom. The quantitative estimate of drug-likeness (QED) is 0.345. The predicted octanol–water partition coefficient (Wildman–Crippen LogP) is 2.11. The first-order valence-electron chi connectivity index (χ1n) is 10.8. The van der Waals surface area contributed by atoms with Crippen LogP contribution in [-0.2, 0) is 18.9 Å². The van der Waals surface area contributed by atoms with Crippen molar-refractivity contribution in [2.45, 2.75) is 43.2 Å². The summed E-state index contributed by atoms with van der Waals surface area (Å²) in [5, 5.41) is 9.58. The van der Waals surface area contributed by atoms with Crippen LogP contribution in [0, 0.1) is 6.92 Å². The number of hydrogen-bond donors (Lipinski definition) is 0. The first kappa shape index (κ1) is 19.9. The summed E-state index contributed by atoms with van der Waals surface area (Å²) >= 11 is 1.77. The van der Waals surface area contributed by atoms with Crippen LogP contribution in [0.25, 0.3) is 11.6 Å². The molecule has 1 spiro atoms. The molecule has 0 radical (unpaired) electrons. The molecule has 1 unspecified atom stereocenters. The highest BCUT2D eigenvalue weighted by atomic mass is 32.2. The Bertz CT molecular complexity index is 1060. The molecule has 5 rings (SSSR count). The Kier molecular flexibility index (Phi) is 5.23. The second-order valence-electron chi connectivity index (χ2n) is 8.74. The fourth-order valence-electron chi connectivity index (χ4n) is 5.21. The van der Waals surface area contributed by atoms with Crippen molar-refractivity contribution in [3.8, 4) is 11.6 Å². The number of oxazole rings is 1. The fourth-order valence-corrected chi connectivity index (χ4v) is 6.04. The Hall–Kier alpha value is -2.06. The lowest BCUT2D eigenvalue weighted by atomic mass is 9.79. The van der Waals surface area contributed by atoms with Gasteiger partial charge in [0.15, 0.2) is 17.3 Å². The summed E-state index contributed by atoms with van der Waals surface area (Å²) in [6.45, 7) is 5.51. The maximum atomic E-state index is 5.47. The van der Waals surface area contributed by atoms with Crippen molar-refractivity contribution in [2.24, 2.45) is 7.05 Å². The zero-order valence-electron chi connectivity index (χ0n) is 18.0. The van der Waals surface area contributed by atoms with Crippen LogP contribution in [0.1, 0.15) is 36.1 Å². The molecule has 2 aliphatic rings. The van der Waals surface area contributed by atoms with E-state index in [1.807, 2.05) is 18.5 Å². The molecule has 1 aromatic carbocycles. The Morgan fingerprint density at radius 2 is 2.17 bits per heavy atom. The van der Waals surface area contributed by atoms with Gasteiger partial charge < -0.3 is 13.9 Å². The maximum Gasteiger partial charge on any atom is 0.202 e. The molecule has 1 fully saturated rings. The zero-order valence-corrected chi connectivity index (χ0v) is 18.8. The van der Waals surface area contributed by atoms with E-state index in [0.29, 0.717) is 11.2 Å². The van der Waals surface area contributed by atoms with Gasteiger partial charge in [0.05, 0.1) is 5.69 Å². The molecule has 1 atom stereocenters. The first-order chi connectivity index (χ1) is 14.6. The third kappa shape index (κ3) is 3.40. The van der Waals surface area contributed by atoms with Crippen LogP contribution in [0.2, 0.25) is 0 Å². The summed E-state index contributed by atoms with van der Waals surface area (Å²) in [6.07, 6.45) is 6.50. The normalized spacial score (nSPS) is 21.0. The van der Waals surface area contributed by atoms with E-state index in [1.165, 1.54) is 44.2 Å². The van der Waals surface area contributed by atoms with Gasteiger partial charge in [-0.25, -0.2) is 4.98 Å². The molecule has 3 aromatic rings. The van der Waals surface area contributed by atoms with Gasteiger partial charge in [-0.15, -0.1) is 10.2 Å². The van der Waals surface area contributed by atoms with Crippen LogP contribution in [0.15, 0.2) is 34.2 Å². The van der Waals surface area contributed by atoms with Crippen molar-refractivity contribution in [1.82, 2.24) is 24.6 Å². The highest BCUT2D eigenvalue weighted by Crippen LogP contribution is 2.44. The monoisotopic (exact) mass is 421 g/mol. The van der Waals surface area contributed by atoms with Gasteiger partial charge in [-0.3, -0.25) is 0 Å². The summed E-state index contributed by atoms with van der Waals surface area (Å²) in [7, 11) is 4.26. The van der Waals surface area contributed by atoms with E-state index in [2.05, 4.69) is 46.1 Å². The van der Waals surface area contributed by atoms with E-state index in [-0.39, 0.29) is 0 Å².